The van der Waals surface area contributed by atoms with Crippen molar-refractivity contribution >= 4 is 23.8 Å². The highest BCUT2D eigenvalue weighted by molar-refractivity contribution is 5.76. The third-order valence-electron chi connectivity index (χ3n) is 9.29. The smallest absolute Gasteiger partial charge is 0.303 e. The monoisotopic (exact) mass is 696 g/mol. The lowest BCUT2D eigenvalue weighted by molar-refractivity contribution is -0.171. The Labute approximate surface area is 301 Å². The number of carbonyl (C=O) groups excluding carboxylic acids is 4. The van der Waals surface area contributed by atoms with Crippen molar-refractivity contribution in [2.45, 2.75) is 233 Å². The first-order valence-corrected chi connectivity index (χ1v) is 20.5. The van der Waals surface area contributed by atoms with Crippen LogP contribution in [0.3, 0.4) is 0 Å². The van der Waals surface area contributed by atoms with E-state index in [1.54, 1.807) is 0 Å². The molecule has 0 saturated carbocycles. The number of esters is 3. The maximum Gasteiger partial charge on any atom is 0.303 e. The summed E-state index contributed by atoms with van der Waals surface area (Å²) in [6, 6.07) is -0.825. The van der Waals surface area contributed by atoms with E-state index in [9.17, 15) is 19.2 Å². The first-order valence-electron chi connectivity index (χ1n) is 20.5. The molecule has 49 heavy (non-hydrogen) atoms. The Hall–Kier alpha value is -2.12. The molecule has 8 heteroatoms. The molecule has 0 bridgehead atoms. The number of hydrogen-bond donors (Lipinski definition) is 1. The second-order valence-electron chi connectivity index (χ2n) is 14.2. The molecule has 1 N–H and O–H groups in total. The summed E-state index contributed by atoms with van der Waals surface area (Å²) < 4.78 is 16.6. The van der Waals surface area contributed by atoms with Gasteiger partial charge in [0.15, 0.2) is 6.10 Å². The number of amides is 1. The molecule has 0 rings (SSSR count). The average Bonchev–Trinajstić information content (AvgIpc) is 3.05. The highest BCUT2D eigenvalue weighted by atomic mass is 16.6. The predicted octanol–water partition coefficient (Wildman–Crippen LogP) is 10.9. The summed E-state index contributed by atoms with van der Waals surface area (Å²) in [7, 11) is 0. The van der Waals surface area contributed by atoms with Crippen molar-refractivity contribution in [3.05, 3.63) is 0 Å². The number of nitrogens with one attached hydrogen (secondary N) is 1. The standard InChI is InChI=1S/C41H77NO7/c1-6-8-10-12-14-16-17-18-19-20-21-22-23-24-25-27-29-31-33-40(46)42-38(34-47-35(3)43)41(49-37(5)45)39(48-36(4)44)32-30-28-26-15-13-11-9-7-2/h38-39,41H,6-34H2,1-5H3,(H,42,46). The zero-order valence-electron chi connectivity index (χ0n) is 32.6. The fourth-order valence-corrected chi connectivity index (χ4v) is 6.48. The molecular weight excluding hydrogens is 618 g/mol. The van der Waals surface area contributed by atoms with E-state index in [2.05, 4.69) is 19.2 Å². The predicted molar refractivity (Wildman–Crippen MR) is 200 cm³/mol. The Morgan fingerprint density at radius 3 is 1.20 bits per heavy atom. The van der Waals surface area contributed by atoms with Crippen LogP contribution >= 0.6 is 0 Å². The number of unbranched alkanes of at least 4 members (excludes halogenated alkanes) is 24. The van der Waals surface area contributed by atoms with Crippen molar-refractivity contribution in [2.75, 3.05) is 6.61 Å². The van der Waals surface area contributed by atoms with Gasteiger partial charge in [-0.05, 0) is 19.3 Å². The lowest BCUT2D eigenvalue weighted by Gasteiger charge is -2.33. The molecule has 0 radical (unpaired) electrons. The van der Waals surface area contributed by atoms with E-state index in [4.69, 9.17) is 14.2 Å². The first-order chi connectivity index (χ1) is 23.7. The molecule has 0 aromatic heterocycles. The minimum atomic E-state index is -0.963. The molecule has 0 aliphatic carbocycles. The molecule has 0 aromatic rings. The molecule has 0 heterocycles. The fraction of sp³-hybridized carbons (Fsp3) is 0.902. The molecule has 8 nitrogen and oxygen atoms in total. The number of ether oxygens (including phenoxy) is 3. The average molecular weight is 696 g/mol. The lowest BCUT2D eigenvalue weighted by Crippen LogP contribution is -2.54. The quantitative estimate of drug-likeness (QED) is 0.0399. The van der Waals surface area contributed by atoms with Crippen LogP contribution in [0, 0.1) is 0 Å². The topological polar surface area (TPSA) is 108 Å². The van der Waals surface area contributed by atoms with Gasteiger partial charge in [0.2, 0.25) is 5.91 Å². The molecule has 288 valence electrons. The third kappa shape index (κ3) is 31.6. The normalized spacial score (nSPS) is 13.0. The summed E-state index contributed by atoms with van der Waals surface area (Å²) >= 11 is 0. The van der Waals surface area contributed by atoms with Crippen molar-refractivity contribution in [3.8, 4) is 0 Å². The molecule has 0 saturated heterocycles. The summed E-state index contributed by atoms with van der Waals surface area (Å²) in [5, 5.41) is 2.93. The van der Waals surface area contributed by atoms with Crippen LogP contribution in [-0.4, -0.2) is 48.7 Å². The van der Waals surface area contributed by atoms with Gasteiger partial charge < -0.3 is 19.5 Å². The summed E-state index contributed by atoms with van der Waals surface area (Å²) in [5.41, 5.74) is 0. The number of rotatable bonds is 35. The van der Waals surface area contributed by atoms with Crippen LogP contribution in [0.15, 0.2) is 0 Å². The van der Waals surface area contributed by atoms with Gasteiger partial charge in [0.05, 0.1) is 0 Å². The van der Waals surface area contributed by atoms with Gasteiger partial charge in [0.25, 0.3) is 0 Å². The van der Waals surface area contributed by atoms with Gasteiger partial charge in [-0.3, -0.25) is 19.2 Å². The molecule has 3 atom stereocenters. The summed E-state index contributed by atoms with van der Waals surface area (Å²) in [6.45, 7) is 8.21. The maximum absolute atomic E-state index is 13.0. The number of hydrogen-bond acceptors (Lipinski definition) is 7. The van der Waals surface area contributed by atoms with Gasteiger partial charge in [-0.25, -0.2) is 0 Å². The zero-order chi connectivity index (χ0) is 36.4. The van der Waals surface area contributed by atoms with Crippen molar-refractivity contribution in [3.63, 3.8) is 0 Å². The Morgan fingerprint density at radius 1 is 0.469 bits per heavy atom. The van der Waals surface area contributed by atoms with Crippen LogP contribution in [0.25, 0.3) is 0 Å². The van der Waals surface area contributed by atoms with Gasteiger partial charge in [0.1, 0.15) is 18.8 Å². The van der Waals surface area contributed by atoms with Crippen LogP contribution in [0.2, 0.25) is 0 Å². The first kappa shape index (κ1) is 46.9. The van der Waals surface area contributed by atoms with Crippen LogP contribution < -0.4 is 5.32 Å². The molecule has 0 aliphatic rings. The highest BCUT2D eigenvalue weighted by Crippen LogP contribution is 2.20. The third-order valence-corrected chi connectivity index (χ3v) is 9.29. The zero-order valence-corrected chi connectivity index (χ0v) is 32.6. The van der Waals surface area contributed by atoms with Crippen molar-refractivity contribution < 1.29 is 33.4 Å². The van der Waals surface area contributed by atoms with E-state index in [-0.39, 0.29) is 12.5 Å². The number of carbonyl (C=O) groups is 4. The van der Waals surface area contributed by atoms with Crippen molar-refractivity contribution in [2.24, 2.45) is 0 Å². The van der Waals surface area contributed by atoms with E-state index in [1.165, 1.54) is 143 Å². The molecule has 0 fully saturated rings. The summed E-state index contributed by atoms with van der Waals surface area (Å²) in [6.07, 6.45) is 31.1. The summed E-state index contributed by atoms with van der Waals surface area (Å²) in [5.74, 6) is -1.74. The van der Waals surface area contributed by atoms with Gasteiger partial charge >= 0.3 is 17.9 Å². The second-order valence-corrected chi connectivity index (χ2v) is 14.2. The van der Waals surface area contributed by atoms with Gasteiger partial charge in [-0.15, -0.1) is 0 Å². The van der Waals surface area contributed by atoms with E-state index < -0.39 is 36.2 Å². The van der Waals surface area contributed by atoms with E-state index in [0.29, 0.717) is 12.8 Å². The molecule has 3 unspecified atom stereocenters. The van der Waals surface area contributed by atoms with Crippen molar-refractivity contribution in [1.29, 1.82) is 0 Å². The Kier molecular flexibility index (Phi) is 32.8. The minimum Gasteiger partial charge on any atom is -0.464 e. The van der Waals surface area contributed by atoms with E-state index >= 15 is 0 Å². The Bertz CT molecular complexity index is 818. The molecule has 0 spiro atoms. The van der Waals surface area contributed by atoms with Gasteiger partial charge in [0, 0.05) is 27.2 Å². The molecular formula is C41H77NO7. The molecule has 0 aromatic carbocycles. The Balaban J connectivity index is 4.56. The molecule has 1 amide bonds. The Morgan fingerprint density at radius 2 is 0.837 bits per heavy atom. The molecule has 0 aliphatic heterocycles. The minimum absolute atomic E-state index is 0.173. The lowest BCUT2D eigenvalue weighted by atomic mass is 9.98. The highest BCUT2D eigenvalue weighted by Gasteiger charge is 2.36. The maximum atomic E-state index is 13.0. The largest absolute Gasteiger partial charge is 0.464 e. The summed E-state index contributed by atoms with van der Waals surface area (Å²) in [4.78, 5) is 48.9. The second kappa shape index (κ2) is 34.3. The van der Waals surface area contributed by atoms with Gasteiger partial charge in [-0.2, -0.15) is 0 Å². The van der Waals surface area contributed by atoms with E-state index in [1.807, 2.05) is 0 Å². The van der Waals surface area contributed by atoms with Crippen molar-refractivity contribution in [1.82, 2.24) is 5.32 Å². The van der Waals surface area contributed by atoms with Crippen LogP contribution in [0.5, 0.6) is 0 Å². The SMILES string of the molecule is CCCCCCCCCCCCCCCCCCCCC(=O)NC(COC(C)=O)C(OC(C)=O)C(CCCCCCCCCC)OC(C)=O. The fourth-order valence-electron chi connectivity index (χ4n) is 6.48. The van der Waals surface area contributed by atoms with Gasteiger partial charge in [-0.1, -0.05) is 168 Å². The van der Waals surface area contributed by atoms with Crippen LogP contribution in [0.1, 0.15) is 214 Å². The van der Waals surface area contributed by atoms with E-state index in [0.717, 1.165) is 44.9 Å². The van der Waals surface area contributed by atoms with Crippen LogP contribution in [-0.2, 0) is 33.4 Å². The van der Waals surface area contributed by atoms with Crippen LogP contribution in [0.4, 0.5) is 0 Å².